The fourth-order valence-electron chi connectivity index (χ4n) is 2.34. The molecule has 1 aromatic carbocycles. The fraction of sp³-hybridized carbons (Fsp3) is 0.533. The molecule has 1 atom stereocenters. The van der Waals surface area contributed by atoms with Gasteiger partial charge >= 0.3 is 0 Å². The van der Waals surface area contributed by atoms with Crippen LogP contribution in [0.25, 0.3) is 0 Å². The van der Waals surface area contributed by atoms with Gasteiger partial charge in [0.1, 0.15) is 0 Å². The molecule has 0 aromatic heterocycles. The van der Waals surface area contributed by atoms with Crippen LogP contribution in [0.15, 0.2) is 18.2 Å². The Morgan fingerprint density at radius 3 is 2.95 bits per heavy atom. The summed E-state index contributed by atoms with van der Waals surface area (Å²) in [5.41, 5.74) is 8.58. The minimum atomic E-state index is -0.00910. The molecule has 2 rings (SSSR count). The monoisotopic (exact) mass is 262 g/mol. The molecule has 1 aliphatic heterocycles. The van der Waals surface area contributed by atoms with E-state index in [2.05, 4.69) is 12.2 Å². The van der Waals surface area contributed by atoms with Crippen molar-refractivity contribution in [1.29, 1.82) is 0 Å². The van der Waals surface area contributed by atoms with Gasteiger partial charge in [0.05, 0.1) is 13.2 Å². The molecule has 104 valence electrons. The van der Waals surface area contributed by atoms with E-state index in [1.807, 2.05) is 18.2 Å². The zero-order valence-electron chi connectivity index (χ0n) is 11.4. The first kappa shape index (κ1) is 14.0. The smallest absolute Gasteiger partial charge is 0.251 e. The van der Waals surface area contributed by atoms with Gasteiger partial charge in [-0.1, -0.05) is 19.4 Å². The Kier molecular flexibility index (Phi) is 4.93. The Labute approximate surface area is 114 Å². The van der Waals surface area contributed by atoms with Crippen molar-refractivity contribution in [3.63, 3.8) is 0 Å². The van der Waals surface area contributed by atoms with Crippen LogP contribution in [0.1, 0.15) is 41.3 Å². The molecule has 0 aliphatic carbocycles. The molecule has 1 unspecified atom stereocenters. The van der Waals surface area contributed by atoms with Crippen LogP contribution in [0.3, 0.4) is 0 Å². The standard InChI is InChI=1S/C15H22N2O2/c1-2-11(5-6-16)8-17-15(18)12-3-4-13-9-19-10-14(13)7-12/h3-4,7,11H,2,5-6,8-10,16H2,1H3,(H,17,18). The van der Waals surface area contributed by atoms with Crippen LogP contribution in [0.2, 0.25) is 0 Å². The number of ether oxygens (including phenoxy) is 1. The summed E-state index contributed by atoms with van der Waals surface area (Å²) >= 11 is 0. The maximum absolute atomic E-state index is 12.1. The third kappa shape index (κ3) is 3.55. The minimum absolute atomic E-state index is 0.00910. The number of amides is 1. The number of carbonyl (C=O) groups excluding carboxylic acids is 1. The van der Waals surface area contributed by atoms with Crippen molar-refractivity contribution >= 4 is 5.91 Å². The summed E-state index contributed by atoms with van der Waals surface area (Å²) in [4.78, 5) is 12.1. The lowest BCUT2D eigenvalue weighted by Crippen LogP contribution is -2.30. The number of benzene rings is 1. The fourth-order valence-corrected chi connectivity index (χ4v) is 2.34. The van der Waals surface area contributed by atoms with E-state index in [-0.39, 0.29) is 5.91 Å². The molecular weight excluding hydrogens is 240 g/mol. The van der Waals surface area contributed by atoms with Crippen LogP contribution < -0.4 is 11.1 Å². The summed E-state index contributed by atoms with van der Waals surface area (Å²) in [5.74, 6) is 0.455. The Hall–Kier alpha value is -1.39. The molecule has 1 heterocycles. The maximum Gasteiger partial charge on any atom is 0.251 e. The summed E-state index contributed by atoms with van der Waals surface area (Å²) in [5, 5.41) is 2.99. The van der Waals surface area contributed by atoms with E-state index >= 15 is 0 Å². The number of fused-ring (bicyclic) bond motifs is 1. The second kappa shape index (κ2) is 6.68. The normalized spacial score (nSPS) is 15.1. The number of hydrogen-bond acceptors (Lipinski definition) is 3. The molecule has 1 aromatic rings. The molecule has 19 heavy (non-hydrogen) atoms. The van der Waals surface area contributed by atoms with Gasteiger partial charge in [-0.05, 0) is 42.1 Å². The molecule has 4 nitrogen and oxygen atoms in total. The van der Waals surface area contributed by atoms with E-state index in [1.165, 1.54) is 5.56 Å². The van der Waals surface area contributed by atoms with Gasteiger partial charge < -0.3 is 15.8 Å². The molecular formula is C15H22N2O2. The SMILES string of the molecule is CCC(CCN)CNC(=O)c1ccc2c(c1)COC2. The van der Waals surface area contributed by atoms with Gasteiger partial charge in [0, 0.05) is 12.1 Å². The predicted octanol–water partition coefficient (Wildman–Crippen LogP) is 1.82. The van der Waals surface area contributed by atoms with E-state index < -0.39 is 0 Å². The second-order valence-electron chi connectivity index (χ2n) is 5.04. The van der Waals surface area contributed by atoms with Crippen molar-refractivity contribution in [3.05, 3.63) is 34.9 Å². The Balaban J connectivity index is 1.92. The lowest BCUT2D eigenvalue weighted by atomic mass is 10.0. The summed E-state index contributed by atoms with van der Waals surface area (Å²) in [6, 6.07) is 5.78. The van der Waals surface area contributed by atoms with Crippen LogP contribution in [0.5, 0.6) is 0 Å². The van der Waals surface area contributed by atoms with Crippen LogP contribution >= 0.6 is 0 Å². The highest BCUT2D eigenvalue weighted by atomic mass is 16.5. The molecule has 0 bridgehead atoms. The summed E-state index contributed by atoms with van der Waals surface area (Å²) in [7, 11) is 0. The zero-order valence-corrected chi connectivity index (χ0v) is 11.4. The quantitative estimate of drug-likeness (QED) is 0.822. The molecule has 0 radical (unpaired) electrons. The topological polar surface area (TPSA) is 64.3 Å². The molecule has 0 fully saturated rings. The average Bonchev–Trinajstić information content (AvgIpc) is 2.90. The second-order valence-corrected chi connectivity index (χ2v) is 5.04. The lowest BCUT2D eigenvalue weighted by Gasteiger charge is -2.14. The van der Waals surface area contributed by atoms with Crippen LogP contribution in [0.4, 0.5) is 0 Å². The minimum Gasteiger partial charge on any atom is -0.372 e. The summed E-state index contributed by atoms with van der Waals surface area (Å²) in [6.45, 7) is 4.76. The first-order valence-corrected chi connectivity index (χ1v) is 6.92. The van der Waals surface area contributed by atoms with E-state index in [4.69, 9.17) is 10.5 Å². The van der Waals surface area contributed by atoms with Gasteiger partial charge in [-0.25, -0.2) is 0 Å². The van der Waals surface area contributed by atoms with Gasteiger partial charge in [-0.15, -0.1) is 0 Å². The van der Waals surface area contributed by atoms with Crippen molar-refractivity contribution in [2.75, 3.05) is 13.1 Å². The van der Waals surface area contributed by atoms with E-state index in [9.17, 15) is 4.79 Å². The molecule has 0 spiro atoms. The average molecular weight is 262 g/mol. The highest BCUT2D eigenvalue weighted by Gasteiger charge is 2.15. The number of hydrogen-bond donors (Lipinski definition) is 2. The molecule has 3 N–H and O–H groups in total. The van der Waals surface area contributed by atoms with E-state index in [1.54, 1.807) is 0 Å². The largest absolute Gasteiger partial charge is 0.372 e. The summed E-state index contributed by atoms with van der Waals surface area (Å²) < 4.78 is 5.35. The van der Waals surface area contributed by atoms with Crippen molar-refractivity contribution < 1.29 is 9.53 Å². The van der Waals surface area contributed by atoms with Gasteiger partial charge in [-0.2, -0.15) is 0 Å². The predicted molar refractivity (Wildman–Crippen MR) is 74.7 cm³/mol. The van der Waals surface area contributed by atoms with E-state index in [0.717, 1.165) is 18.4 Å². The number of nitrogens with one attached hydrogen (secondary N) is 1. The van der Waals surface area contributed by atoms with Gasteiger partial charge in [0.15, 0.2) is 0 Å². The van der Waals surface area contributed by atoms with Crippen molar-refractivity contribution in [1.82, 2.24) is 5.32 Å². The summed E-state index contributed by atoms with van der Waals surface area (Å²) in [6.07, 6.45) is 1.99. The van der Waals surface area contributed by atoms with Gasteiger partial charge in [0.2, 0.25) is 0 Å². The third-order valence-electron chi connectivity index (χ3n) is 3.69. The van der Waals surface area contributed by atoms with Crippen LogP contribution in [0, 0.1) is 5.92 Å². The maximum atomic E-state index is 12.1. The van der Waals surface area contributed by atoms with Crippen molar-refractivity contribution in [2.24, 2.45) is 11.7 Å². The van der Waals surface area contributed by atoms with Crippen molar-refractivity contribution in [3.8, 4) is 0 Å². The third-order valence-corrected chi connectivity index (χ3v) is 3.69. The molecule has 4 heteroatoms. The number of carbonyl (C=O) groups is 1. The first-order valence-electron chi connectivity index (χ1n) is 6.92. The van der Waals surface area contributed by atoms with Gasteiger partial charge in [-0.3, -0.25) is 4.79 Å². The highest BCUT2D eigenvalue weighted by molar-refractivity contribution is 5.94. The van der Waals surface area contributed by atoms with Crippen LogP contribution in [-0.2, 0) is 18.0 Å². The number of nitrogens with two attached hydrogens (primary N) is 1. The first-order chi connectivity index (χ1) is 9.24. The highest BCUT2D eigenvalue weighted by Crippen LogP contribution is 2.20. The van der Waals surface area contributed by atoms with Gasteiger partial charge in [0.25, 0.3) is 5.91 Å². The van der Waals surface area contributed by atoms with Crippen LogP contribution in [-0.4, -0.2) is 19.0 Å². The molecule has 0 saturated carbocycles. The zero-order chi connectivity index (χ0) is 13.7. The Bertz CT molecular complexity index is 446. The molecule has 0 saturated heterocycles. The molecule has 1 amide bonds. The molecule has 1 aliphatic rings. The Morgan fingerprint density at radius 2 is 2.21 bits per heavy atom. The Morgan fingerprint density at radius 1 is 1.42 bits per heavy atom. The lowest BCUT2D eigenvalue weighted by molar-refractivity contribution is 0.0946. The number of rotatable bonds is 6. The van der Waals surface area contributed by atoms with Crippen molar-refractivity contribution in [2.45, 2.75) is 33.0 Å². The van der Waals surface area contributed by atoms with E-state index in [0.29, 0.717) is 37.8 Å².